The van der Waals surface area contributed by atoms with Gasteiger partial charge in [-0.3, -0.25) is 9.97 Å². The Bertz CT molecular complexity index is 1950. The van der Waals surface area contributed by atoms with Crippen LogP contribution in [0, 0.1) is 26.0 Å². The molecule has 1 aliphatic carbocycles. The number of para-hydroxylation sites is 2. The van der Waals surface area contributed by atoms with Crippen molar-refractivity contribution in [1.29, 1.82) is 0 Å². The minimum Gasteiger partial charge on any atom is -0.313 e. The van der Waals surface area contributed by atoms with Crippen molar-refractivity contribution in [3.63, 3.8) is 0 Å². The van der Waals surface area contributed by atoms with E-state index in [4.69, 9.17) is 9.97 Å². The maximum absolute atomic E-state index is 5.30. The molecule has 0 atom stereocenters. The van der Waals surface area contributed by atoms with Gasteiger partial charge in [-0.1, -0.05) is 63.1 Å². The van der Waals surface area contributed by atoms with Crippen molar-refractivity contribution in [3.05, 3.63) is 143 Å². The van der Waals surface area contributed by atoms with Crippen LogP contribution < -0.4 is 0 Å². The summed E-state index contributed by atoms with van der Waals surface area (Å²) in [5, 5.41) is 0. The molecule has 7 rings (SSSR count). The summed E-state index contributed by atoms with van der Waals surface area (Å²) >= 11 is 0. The Morgan fingerprint density at radius 1 is 0.681 bits per heavy atom. The second-order valence-electron chi connectivity index (χ2n) is 13.0. The van der Waals surface area contributed by atoms with Gasteiger partial charge >= 0.3 is 21.1 Å². The quantitative estimate of drug-likeness (QED) is 0.137. The number of nitrogens with zero attached hydrogens (tertiary/aromatic N) is 4. The number of hydrogen-bond acceptors (Lipinski definition) is 2. The standard InChI is InChI=1S/C42H42N4.Pt/c1-29(2)35-23-13-15-30(3)41(35)45-27-37(33-19-7-5-8-20-33)43-39(45)25-26-40-44-38(34-21-9-6-10-22-34)28-46(40)42-31(4)16-14-24-36(42)32-17-11-12-18-32;/h5-10,13-16,19,21,23-24,27-29,32H,11-12,17-18,25-26H2,1-4H3;/q-2;+2. The molecule has 0 amide bonds. The van der Waals surface area contributed by atoms with Crippen LogP contribution in [0.3, 0.4) is 0 Å². The Labute approximate surface area is 294 Å². The molecule has 240 valence electrons. The number of imidazole rings is 2. The van der Waals surface area contributed by atoms with Crippen LogP contribution in [0.4, 0.5) is 0 Å². The Kier molecular flexibility index (Phi) is 10.1. The van der Waals surface area contributed by atoms with Crippen molar-refractivity contribution in [2.24, 2.45) is 0 Å². The van der Waals surface area contributed by atoms with Gasteiger partial charge in [-0.2, -0.15) is 0 Å². The molecule has 4 nitrogen and oxygen atoms in total. The summed E-state index contributed by atoms with van der Waals surface area (Å²) in [5.74, 6) is 3.06. The van der Waals surface area contributed by atoms with Crippen molar-refractivity contribution >= 4 is 0 Å². The van der Waals surface area contributed by atoms with Gasteiger partial charge in [-0.25, -0.2) is 0 Å². The monoisotopic (exact) mass is 797 g/mol. The van der Waals surface area contributed by atoms with E-state index in [1.54, 1.807) is 0 Å². The Morgan fingerprint density at radius 2 is 1.21 bits per heavy atom. The smallest absolute Gasteiger partial charge is 0.313 e. The summed E-state index contributed by atoms with van der Waals surface area (Å²) in [4.78, 5) is 10.6. The molecule has 0 N–H and O–H groups in total. The van der Waals surface area contributed by atoms with Crippen LogP contribution in [-0.4, -0.2) is 19.1 Å². The molecule has 0 bridgehead atoms. The van der Waals surface area contributed by atoms with E-state index in [1.165, 1.54) is 59.3 Å². The number of aromatic nitrogens is 4. The first-order valence-electron chi connectivity index (χ1n) is 16.8. The molecular weight excluding hydrogens is 756 g/mol. The van der Waals surface area contributed by atoms with Crippen LogP contribution in [0.5, 0.6) is 0 Å². The van der Waals surface area contributed by atoms with Crippen LogP contribution in [0.1, 0.15) is 85.3 Å². The van der Waals surface area contributed by atoms with Crippen LogP contribution in [-0.2, 0) is 33.9 Å². The van der Waals surface area contributed by atoms with Gasteiger partial charge in [0, 0.05) is 24.2 Å². The van der Waals surface area contributed by atoms with Gasteiger partial charge in [0.05, 0.1) is 11.4 Å². The third-order valence-electron chi connectivity index (χ3n) is 9.54. The largest absolute Gasteiger partial charge is 2.00 e. The zero-order valence-electron chi connectivity index (χ0n) is 27.7. The van der Waals surface area contributed by atoms with Crippen molar-refractivity contribution in [1.82, 2.24) is 19.1 Å². The summed E-state index contributed by atoms with van der Waals surface area (Å²) in [6, 6.07) is 36.5. The van der Waals surface area contributed by atoms with Crippen molar-refractivity contribution in [2.75, 3.05) is 0 Å². The molecule has 47 heavy (non-hydrogen) atoms. The third-order valence-corrected chi connectivity index (χ3v) is 9.54. The number of aryl methyl sites for hydroxylation is 4. The molecule has 6 aromatic rings. The zero-order chi connectivity index (χ0) is 31.6. The van der Waals surface area contributed by atoms with Crippen LogP contribution >= 0.6 is 0 Å². The van der Waals surface area contributed by atoms with Gasteiger partial charge < -0.3 is 9.13 Å². The van der Waals surface area contributed by atoms with E-state index in [1.807, 2.05) is 24.3 Å². The van der Waals surface area contributed by atoms with Gasteiger partial charge in [-0.15, -0.1) is 71.8 Å². The van der Waals surface area contributed by atoms with Crippen LogP contribution in [0.25, 0.3) is 33.9 Å². The molecule has 1 fully saturated rings. The first-order valence-corrected chi connectivity index (χ1v) is 16.8. The first kappa shape index (κ1) is 32.9. The van der Waals surface area contributed by atoms with E-state index in [2.05, 4.69) is 122 Å². The minimum absolute atomic E-state index is 0. The molecule has 1 saturated carbocycles. The van der Waals surface area contributed by atoms with Crippen LogP contribution in [0.15, 0.2) is 97.3 Å². The van der Waals surface area contributed by atoms with E-state index < -0.39 is 0 Å². The predicted octanol–water partition coefficient (Wildman–Crippen LogP) is 10.2. The summed E-state index contributed by atoms with van der Waals surface area (Å²) in [5.41, 5.74) is 11.8. The molecule has 2 aromatic heterocycles. The molecule has 0 saturated heterocycles. The molecule has 0 radical (unpaired) electrons. The Hall–Kier alpha value is -4.01. The normalized spacial score (nSPS) is 13.3. The SMILES string of the molecule is Cc1cccc(C(C)C)c1-n1cc(-c2[c-]cccc2)nc1CCc1nc(-c2[c-]cccc2)cn1-c1c(C)cccc1C1CCCC1.[Pt+2]. The van der Waals surface area contributed by atoms with E-state index in [0.29, 0.717) is 11.8 Å². The molecule has 2 heterocycles. The van der Waals surface area contributed by atoms with E-state index >= 15 is 0 Å². The second kappa shape index (κ2) is 14.4. The van der Waals surface area contributed by atoms with Gasteiger partial charge in [-0.05, 0) is 73.2 Å². The van der Waals surface area contributed by atoms with Crippen molar-refractivity contribution in [2.45, 2.75) is 78.1 Å². The molecule has 0 aliphatic heterocycles. The Morgan fingerprint density at radius 3 is 1.74 bits per heavy atom. The van der Waals surface area contributed by atoms with Crippen molar-refractivity contribution in [3.8, 4) is 33.9 Å². The molecule has 4 aromatic carbocycles. The summed E-state index contributed by atoms with van der Waals surface area (Å²) in [6.07, 6.45) is 11.1. The topological polar surface area (TPSA) is 35.6 Å². The average Bonchev–Trinajstić information content (AvgIpc) is 3.85. The average molecular weight is 798 g/mol. The van der Waals surface area contributed by atoms with Gasteiger partial charge in [0.25, 0.3) is 0 Å². The zero-order valence-corrected chi connectivity index (χ0v) is 30.0. The van der Waals surface area contributed by atoms with E-state index in [-0.39, 0.29) is 21.1 Å². The molecular formula is C42H42N4Pt. The molecule has 1 aliphatic rings. The fraction of sp³-hybridized carbons (Fsp3) is 0.286. The first-order chi connectivity index (χ1) is 22.5. The van der Waals surface area contributed by atoms with Gasteiger partial charge in [0.1, 0.15) is 11.6 Å². The van der Waals surface area contributed by atoms with Gasteiger partial charge in [0.2, 0.25) is 0 Å². The van der Waals surface area contributed by atoms with Crippen molar-refractivity contribution < 1.29 is 21.1 Å². The minimum atomic E-state index is 0. The Balaban J connectivity index is 0.00000386. The van der Waals surface area contributed by atoms with E-state index in [0.717, 1.165) is 47.0 Å². The number of hydrogen-bond donors (Lipinski definition) is 0. The maximum atomic E-state index is 5.30. The molecule has 5 heteroatoms. The summed E-state index contributed by atoms with van der Waals surface area (Å²) in [7, 11) is 0. The fourth-order valence-corrected chi connectivity index (χ4v) is 7.22. The predicted molar refractivity (Wildman–Crippen MR) is 188 cm³/mol. The van der Waals surface area contributed by atoms with Gasteiger partial charge in [0.15, 0.2) is 0 Å². The molecule has 0 spiro atoms. The second-order valence-corrected chi connectivity index (χ2v) is 13.0. The van der Waals surface area contributed by atoms with E-state index in [9.17, 15) is 0 Å². The summed E-state index contributed by atoms with van der Waals surface area (Å²) < 4.78 is 4.71. The molecule has 0 unspecified atom stereocenters. The van der Waals surface area contributed by atoms with Crippen LogP contribution in [0.2, 0.25) is 0 Å². The maximum Gasteiger partial charge on any atom is 2.00 e. The summed E-state index contributed by atoms with van der Waals surface area (Å²) in [6.45, 7) is 8.98. The third kappa shape index (κ3) is 6.72. The number of benzene rings is 4. The number of rotatable bonds is 9. The fourth-order valence-electron chi connectivity index (χ4n) is 7.22.